The zero-order valence-electron chi connectivity index (χ0n) is 22.3. The molecule has 0 saturated heterocycles. The van der Waals surface area contributed by atoms with E-state index in [2.05, 4.69) is 31.3 Å². The molecule has 3 rings (SSSR count). The molecule has 4 heteroatoms. The molecular weight excluding hydrogens is 423 g/mol. The van der Waals surface area contributed by atoms with Gasteiger partial charge < -0.3 is 10.4 Å². The van der Waals surface area contributed by atoms with Gasteiger partial charge in [0.25, 0.3) is 0 Å². The van der Waals surface area contributed by atoms with Crippen LogP contribution in [0.5, 0.6) is 0 Å². The normalized spacial score (nSPS) is 17.5. The van der Waals surface area contributed by atoms with Gasteiger partial charge in [-0.3, -0.25) is 0 Å². The van der Waals surface area contributed by atoms with E-state index in [0.29, 0.717) is 11.3 Å². The number of allylic oxidation sites excluding steroid dienone is 1. The number of aliphatic hydroxyl groups excluding tert-OH is 1. The largest absolute Gasteiger partial charge is 0.393 e. The first-order valence-corrected chi connectivity index (χ1v) is 12.6. The molecule has 0 spiro atoms. The summed E-state index contributed by atoms with van der Waals surface area (Å²) in [5.41, 5.74) is 7.19. The number of aliphatic hydroxyl groups is 1. The van der Waals surface area contributed by atoms with Crippen LogP contribution >= 0.6 is 0 Å². The fourth-order valence-corrected chi connectivity index (χ4v) is 4.35. The molecule has 1 aliphatic carbocycles. The summed E-state index contributed by atoms with van der Waals surface area (Å²) in [5, 5.41) is 21.3. The average molecular weight is 467 g/mol. The number of hydrogen-bond donors (Lipinski definition) is 2. The summed E-state index contributed by atoms with van der Waals surface area (Å²) in [4.78, 5) is 0. The molecule has 0 aliphatic heterocycles. The Balaban J connectivity index is 0.000000483. The van der Waals surface area contributed by atoms with Crippen LogP contribution in [0.2, 0.25) is 0 Å². The van der Waals surface area contributed by atoms with E-state index in [0.717, 1.165) is 58.6 Å². The third kappa shape index (κ3) is 7.71. The van der Waals surface area contributed by atoms with Crippen molar-refractivity contribution in [1.29, 1.82) is 5.26 Å². The fraction of sp³-hybridized carbons (Fsp3) is 0.500. The zero-order chi connectivity index (χ0) is 25.8. The van der Waals surface area contributed by atoms with Gasteiger partial charge in [0.05, 0.1) is 23.4 Å². The molecule has 0 amide bonds. The topological polar surface area (TPSA) is 56.0 Å². The first-order valence-electron chi connectivity index (χ1n) is 12.6. The van der Waals surface area contributed by atoms with Gasteiger partial charge in [0, 0.05) is 7.05 Å². The number of benzene rings is 2. The molecule has 2 aromatic rings. The summed E-state index contributed by atoms with van der Waals surface area (Å²) < 4.78 is 14.0. The van der Waals surface area contributed by atoms with E-state index in [-0.39, 0.29) is 11.9 Å². The summed E-state index contributed by atoms with van der Waals surface area (Å²) >= 11 is 0. The molecule has 0 radical (unpaired) electrons. The van der Waals surface area contributed by atoms with Crippen LogP contribution in [0.1, 0.15) is 93.2 Å². The number of hydrogen-bond acceptors (Lipinski definition) is 3. The van der Waals surface area contributed by atoms with E-state index in [4.69, 9.17) is 5.11 Å². The lowest BCUT2D eigenvalue weighted by molar-refractivity contribution is 0.112. The molecule has 34 heavy (non-hydrogen) atoms. The smallest absolute Gasteiger partial charge is 0.146 e. The molecule has 2 N–H and O–H groups in total. The highest BCUT2D eigenvalue weighted by molar-refractivity contribution is 5.85. The second-order valence-corrected chi connectivity index (χ2v) is 8.88. The highest BCUT2D eigenvalue weighted by Crippen LogP contribution is 2.34. The van der Waals surface area contributed by atoms with Crippen molar-refractivity contribution < 1.29 is 9.50 Å². The van der Waals surface area contributed by atoms with Crippen molar-refractivity contribution in [3.05, 3.63) is 69.5 Å². The van der Waals surface area contributed by atoms with E-state index in [1.54, 1.807) is 7.05 Å². The molecule has 2 aromatic carbocycles. The van der Waals surface area contributed by atoms with Crippen LogP contribution in [-0.2, 0) is 0 Å². The summed E-state index contributed by atoms with van der Waals surface area (Å²) in [5.74, 6) is 0.603. The Labute approximate surface area is 206 Å². The van der Waals surface area contributed by atoms with E-state index in [1.165, 1.54) is 18.9 Å². The minimum Gasteiger partial charge on any atom is -0.393 e. The summed E-state index contributed by atoms with van der Waals surface area (Å²) in [6, 6.07) is 9.54. The quantitative estimate of drug-likeness (QED) is 0.479. The number of rotatable bonds is 4. The molecule has 0 aromatic heterocycles. The molecule has 0 atom stereocenters. The van der Waals surface area contributed by atoms with E-state index < -0.39 is 0 Å². The standard InChI is InChI=1S/C21H23FN2.C7H14O.C2H6/c1-6-7-18(17-8-9-20(22)21(24-5)15(17)4)19-11-16(12-23)13(2)10-14(19)3;1-6-2-4-7(8)5-3-6;1-2/h7-11,24H,6H2,1-5H3;6-8H,2-5H2,1H3;1-2H3/b18-7-;;. The van der Waals surface area contributed by atoms with E-state index in [9.17, 15) is 9.65 Å². The van der Waals surface area contributed by atoms with Gasteiger partial charge in [0.1, 0.15) is 5.82 Å². The van der Waals surface area contributed by atoms with Crippen LogP contribution < -0.4 is 5.32 Å². The average Bonchev–Trinajstić information content (AvgIpc) is 2.82. The van der Waals surface area contributed by atoms with Crippen molar-refractivity contribution in [3.8, 4) is 6.07 Å². The maximum atomic E-state index is 14.0. The van der Waals surface area contributed by atoms with Crippen molar-refractivity contribution in [1.82, 2.24) is 0 Å². The lowest BCUT2D eigenvalue weighted by atomic mass is 9.88. The van der Waals surface area contributed by atoms with Gasteiger partial charge in [0.2, 0.25) is 0 Å². The van der Waals surface area contributed by atoms with Crippen molar-refractivity contribution >= 4 is 11.3 Å². The molecule has 0 unspecified atom stereocenters. The predicted molar refractivity (Wildman–Crippen MR) is 144 cm³/mol. The second kappa shape index (κ2) is 14.6. The van der Waals surface area contributed by atoms with Crippen molar-refractivity contribution in [3.63, 3.8) is 0 Å². The Morgan fingerprint density at radius 1 is 1.09 bits per heavy atom. The van der Waals surface area contributed by atoms with Crippen LogP contribution in [0.4, 0.5) is 10.1 Å². The Hall–Kier alpha value is -2.64. The number of nitrogens with zero attached hydrogens (tertiary/aromatic N) is 1. The van der Waals surface area contributed by atoms with Gasteiger partial charge in [-0.25, -0.2) is 4.39 Å². The van der Waals surface area contributed by atoms with Crippen LogP contribution in [0.3, 0.4) is 0 Å². The van der Waals surface area contributed by atoms with Gasteiger partial charge in [0.15, 0.2) is 0 Å². The molecule has 0 bridgehead atoms. The lowest BCUT2D eigenvalue weighted by Gasteiger charge is -2.21. The molecule has 186 valence electrons. The second-order valence-electron chi connectivity index (χ2n) is 8.88. The Kier molecular flexibility index (Phi) is 12.6. The van der Waals surface area contributed by atoms with Crippen molar-refractivity contribution in [2.45, 2.75) is 86.7 Å². The first kappa shape index (κ1) is 29.4. The number of halogens is 1. The van der Waals surface area contributed by atoms with Gasteiger partial charge in [-0.2, -0.15) is 5.26 Å². The molecule has 0 heterocycles. The number of nitrogens with one attached hydrogen (secondary N) is 1. The maximum Gasteiger partial charge on any atom is 0.146 e. The third-order valence-corrected chi connectivity index (χ3v) is 6.33. The predicted octanol–water partition coefficient (Wildman–Crippen LogP) is 8.09. The SMILES string of the molecule is CC.CC/C=C(\c1cc(C#N)c(C)cc1C)c1ccc(F)c(NC)c1C.CC1CCC(O)CC1. The van der Waals surface area contributed by atoms with Gasteiger partial charge in [-0.05, 0) is 104 Å². The van der Waals surface area contributed by atoms with Crippen LogP contribution in [0, 0.1) is 43.8 Å². The van der Waals surface area contributed by atoms with E-state index >= 15 is 0 Å². The molecule has 1 fully saturated rings. The van der Waals surface area contributed by atoms with Crippen molar-refractivity contribution in [2.75, 3.05) is 12.4 Å². The highest BCUT2D eigenvalue weighted by atomic mass is 19.1. The Morgan fingerprint density at radius 2 is 1.71 bits per heavy atom. The van der Waals surface area contributed by atoms with Gasteiger partial charge >= 0.3 is 0 Å². The van der Waals surface area contributed by atoms with Crippen LogP contribution in [0.25, 0.3) is 5.57 Å². The summed E-state index contributed by atoms with van der Waals surface area (Å²) in [6.07, 6.45) is 7.52. The molecular formula is C30H43FN2O. The van der Waals surface area contributed by atoms with E-state index in [1.807, 2.05) is 52.8 Å². The third-order valence-electron chi connectivity index (χ3n) is 6.33. The Bertz CT molecular complexity index is 986. The lowest BCUT2D eigenvalue weighted by Crippen LogP contribution is -2.15. The number of nitriles is 1. The fourth-order valence-electron chi connectivity index (χ4n) is 4.35. The van der Waals surface area contributed by atoms with Crippen LogP contribution in [0.15, 0.2) is 30.3 Å². The summed E-state index contributed by atoms with van der Waals surface area (Å²) in [6.45, 7) is 14.2. The molecule has 1 aliphatic rings. The zero-order valence-corrected chi connectivity index (χ0v) is 22.3. The number of anilines is 1. The van der Waals surface area contributed by atoms with Gasteiger partial charge in [-0.1, -0.05) is 45.9 Å². The maximum absolute atomic E-state index is 14.0. The monoisotopic (exact) mass is 466 g/mol. The minimum atomic E-state index is -0.257. The summed E-state index contributed by atoms with van der Waals surface area (Å²) in [7, 11) is 1.73. The first-order chi connectivity index (χ1) is 16.2. The minimum absolute atomic E-state index is 0.0196. The number of aryl methyl sites for hydroxylation is 2. The molecule has 1 saturated carbocycles. The Morgan fingerprint density at radius 3 is 2.21 bits per heavy atom. The van der Waals surface area contributed by atoms with Crippen LogP contribution in [-0.4, -0.2) is 18.3 Å². The highest BCUT2D eigenvalue weighted by Gasteiger charge is 2.16. The van der Waals surface area contributed by atoms with Gasteiger partial charge in [-0.15, -0.1) is 0 Å². The van der Waals surface area contributed by atoms with Crippen molar-refractivity contribution in [2.24, 2.45) is 5.92 Å². The molecule has 3 nitrogen and oxygen atoms in total.